The van der Waals surface area contributed by atoms with Crippen LogP contribution < -0.4 is 10.6 Å². The molecule has 7 nitrogen and oxygen atoms in total. The summed E-state index contributed by atoms with van der Waals surface area (Å²) in [5, 5.41) is 14.2. The van der Waals surface area contributed by atoms with Gasteiger partial charge < -0.3 is 20.6 Å². The first-order valence-electron chi connectivity index (χ1n) is 6.45. The number of hydrogen-bond acceptors (Lipinski definition) is 3. The lowest BCUT2D eigenvalue weighted by molar-refractivity contribution is -0.139. The van der Waals surface area contributed by atoms with Crippen molar-refractivity contribution in [3.63, 3.8) is 0 Å². The molecule has 7 heteroatoms. The predicted molar refractivity (Wildman–Crippen MR) is 68.6 cm³/mol. The van der Waals surface area contributed by atoms with Crippen LogP contribution in [0.5, 0.6) is 0 Å². The zero-order valence-electron chi connectivity index (χ0n) is 11.3. The summed E-state index contributed by atoms with van der Waals surface area (Å²) < 4.78 is 0. The number of carbonyl (C=O) groups is 3. The lowest BCUT2D eigenvalue weighted by Gasteiger charge is -2.23. The largest absolute Gasteiger partial charge is 0.480 e. The molecule has 1 rings (SSSR count). The molecule has 1 fully saturated rings. The second-order valence-corrected chi connectivity index (χ2v) is 5.09. The van der Waals surface area contributed by atoms with Crippen molar-refractivity contribution in [3.8, 4) is 0 Å². The van der Waals surface area contributed by atoms with Crippen LogP contribution in [0.25, 0.3) is 0 Å². The van der Waals surface area contributed by atoms with Crippen LogP contribution in [0.15, 0.2) is 0 Å². The number of nitrogens with one attached hydrogen (secondary N) is 2. The molecule has 108 valence electrons. The summed E-state index contributed by atoms with van der Waals surface area (Å²) in [5.41, 5.74) is 0. The van der Waals surface area contributed by atoms with Crippen LogP contribution in [0.1, 0.15) is 26.7 Å². The van der Waals surface area contributed by atoms with Crippen LogP contribution >= 0.6 is 0 Å². The van der Waals surface area contributed by atoms with Crippen LogP contribution in [0, 0.1) is 5.92 Å². The van der Waals surface area contributed by atoms with Gasteiger partial charge in [0.25, 0.3) is 0 Å². The second kappa shape index (κ2) is 6.96. The standard InChI is InChI=1S/C12H21N3O4/c1-8(2)6-9(11(17)18)14-12(19)15-5-3-4-13-10(16)7-15/h8-9H,3-7H2,1-2H3,(H,13,16)(H,14,19)(H,17,18)/t9-/m0/s1. The first-order chi connectivity index (χ1) is 8.90. The van der Waals surface area contributed by atoms with E-state index in [1.54, 1.807) is 0 Å². The molecule has 3 amide bonds. The third kappa shape index (κ3) is 5.15. The molecule has 3 N–H and O–H groups in total. The lowest BCUT2D eigenvalue weighted by Crippen LogP contribution is -2.50. The molecule has 1 atom stereocenters. The molecule has 19 heavy (non-hydrogen) atoms. The number of carboxylic acids is 1. The number of hydrogen-bond donors (Lipinski definition) is 3. The Morgan fingerprint density at radius 2 is 2.16 bits per heavy atom. The van der Waals surface area contributed by atoms with E-state index in [1.807, 2.05) is 13.8 Å². The molecule has 1 aliphatic rings. The number of carboxylic acid groups (broad SMARTS) is 1. The monoisotopic (exact) mass is 271 g/mol. The van der Waals surface area contributed by atoms with Crippen molar-refractivity contribution in [2.75, 3.05) is 19.6 Å². The zero-order valence-corrected chi connectivity index (χ0v) is 11.3. The second-order valence-electron chi connectivity index (χ2n) is 5.09. The smallest absolute Gasteiger partial charge is 0.326 e. The molecule has 0 spiro atoms. The maximum absolute atomic E-state index is 12.0. The minimum absolute atomic E-state index is 0.0279. The fourth-order valence-electron chi connectivity index (χ4n) is 1.91. The van der Waals surface area contributed by atoms with Gasteiger partial charge in [-0.1, -0.05) is 13.8 Å². The molecule has 0 aromatic heterocycles. The van der Waals surface area contributed by atoms with Crippen LogP contribution in [-0.2, 0) is 9.59 Å². The third-order valence-electron chi connectivity index (χ3n) is 2.85. The van der Waals surface area contributed by atoms with Gasteiger partial charge in [-0.05, 0) is 18.8 Å². The summed E-state index contributed by atoms with van der Waals surface area (Å²) in [6.07, 6.45) is 1.03. The van der Waals surface area contributed by atoms with Gasteiger partial charge in [-0.3, -0.25) is 4.79 Å². The highest BCUT2D eigenvalue weighted by molar-refractivity contribution is 5.86. The van der Waals surface area contributed by atoms with Gasteiger partial charge in [0.2, 0.25) is 5.91 Å². The van der Waals surface area contributed by atoms with Gasteiger partial charge in [0.1, 0.15) is 12.6 Å². The van der Waals surface area contributed by atoms with Crippen LogP contribution in [0.2, 0.25) is 0 Å². The quantitative estimate of drug-likeness (QED) is 0.671. The van der Waals surface area contributed by atoms with E-state index >= 15 is 0 Å². The molecule has 0 saturated carbocycles. The van der Waals surface area contributed by atoms with E-state index in [4.69, 9.17) is 5.11 Å². The van der Waals surface area contributed by atoms with Crippen molar-refractivity contribution >= 4 is 17.9 Å². The molecule has 1 heterocycles. The molecule has 1 aliphatic heterocycles. The fourth-order valence-corrected chi connectivity index (χ4v) is 1.91. The Morgan fingerprint density at radius 3 is 2.74 bits per heavy atom. The summed E-state index contributed by atoms with van der Waals surface area (Å²) in [6, 6.07) is -1.41. The molecule has 0 radical (unpaired) electrons. The van der Waals surface area contributed by atoms with Crippen molar-refractivity contribution in [2.45, 2.75) is 32.7 Å². The van der Waals surface area contributed by atoms with Gasteiger partial charge in [0.05, 0.1) is 0 Å². The van der Waals surface area contributed by atoms with E-state index in [2.05, 4.69) is 10.6 Å². The average Bonchev–Trinajstić information content (AvgIpc) is 2.52. The Hall–Kier alpha value is -1.79. The summed E-state index contributed by atoms with van der Waals surface area (Å²) in [6.45, 7) is 4.73. The molecule has 0 bridgehead atoms. The number of nitrogens with zero attached hydrogens (tertiary/aromatic N) is 1. The van der Waals surface area contributed by atoms with E-state index in [-0.39, 0.29) is 18.4 Å². The van der Waals surface area contributed by atoms with Gasteiger partial charge in [0, 0.05) is 13.1 Å². The van der Waals surface area contributed by atoms with Crippen molar-refractivity contribution < 1.29 is 19.5 Å². The number of amides is 3. The number of rotatable bonds is 4. The molecule has 1 saturated heterocycles. The van der Waals surface area contributed by atoms with Gasteiger partial charge >= 0.3 is 12.0 Å². The molecular weight excluding hydrogens is 250 g/mol. The van der Waals surface area contributed by atoms with E-state index in [0.717, 1.165) is 0 Å². The fraction of sp³-hybridized carbons (Fsp3) is 0.750. The topological polar surface area (TPSA) is 98.7 Å². The first kappa shape index (κ1) is 15.3. The third-order valence-corrected chi connectivity index (χ3v) is 2.85. The Morgan fingerprint density at radius 1 is 1.47 bits per heavy atom. The SMILES string of the molecule is CC(C)C[C@H](NC(=O)N1CCCNC(=O)C1)C(=O)O. The maximum atomic E-state index is 12.0. The van der Waals surface area contributed by atoms with Crippen LogP contribution in [0.4, 0.5) is 4.79 Å². The van der Waals surface area contributed by atoms with E-state index in [1.165, 1.54) is 4.90 Å². The van der Waals surface area contributed by atoms with E-state index in [9.17, 15) is 14.4 Å². The number of carbonyl (C=O) groups excluding carboxylic acids is 2. The summed E-state index contributed by atoms with van der Waals surface area (Å²) in [4.78, 5) is 35.7. The Balaban J connectivity index is 2.59. The number of aliphatic carboxylic acids is 1. The minimum Gasteiger partial charge on any atom is -0.480 e. The normalized spacial score (nSPS) is 17.6. The highest BCUT2D eigenvalue weighted by Crippen LogP contribution is 2.06. The van der Waals surface area contributed by atoms with E-state index < -0.39 is 18.0 Å². The minimum atomic E-state index is -1.05. The van der Waals surface area contributed by atoms with Crippen molar-refractivity contribution in [1.82, 2.24) is 15.5 Å². The predicted octanol–water partition coefficient (Wildman–Crippen LogP) is 0.0172. The Kier molecular flexibility index (Phi) is 5.59. The molecule has 0 aliphatic carbocycles. The van der Waals surface area contributed by atoms with Crippen LogP contribution in [0.3, 0.4) is 0 Å². The summed E-state index contributed by atoms with van der Waals surface area (Å²) >= 11 is 0. The van der Waals surface area contributed by atoms with E-state index in [0.29, 0.717) is 25.9 Å². The van der Waals surface area contributed by atoms with Crippen LogP contribution in [-0.4, -0.2) is 53.6 Å². The molecule has 0 aromatic rings. The lowest BCUT2D eigenvalue weighted by atomic mass is 10.0. The zero-order chi connectivity index (χ0) is 14.4. The maximum Gasteiger partial charge on any atom is 0.326 e. The first-order valence-corrected chi connectivity index (χ1v) is 6.45. The van der Waals surface area contributed by atoms with Crippen molar-refractivity contribution in [2.24, 2.45) is 5.92 Å². The molecular formula is C12H21N3O4. The average molecular weight is 271 g/mol. The van der Waals surface area contributed by atoms with Gasteiger partial charge in [-0.15, -0.1) is 0 Å². The molecule has 0 aromatic carbocycles. The molecule has 0 unspecified atom stereocenters. The highest BCUT2D eigenvalue weighted by atomic mass is 16.4. The number of urea groups is 1. The Bertz CT molecular complexity index is 357. The van der Waals surface area contributed by atoms with Gasteiger partial charge in [-0.25, -0.2) is 9.59 Å². The highest BCUT2D eigenvalue weighted by Gasteiger charge is 2.25. The van der Waals surface area contributed by atoms with Crippen molar-refractivity contribution in [3.05, 3.63) is 0 Å². The van der Waals surface area contributed by atoms with Gasteiger partial charge in [-0.2, -0.15) is 0 Å². The summed E-state index contributed by atoms with van der Waals surface area (Å²) in [7, 11) is 0. The Labute approximate surface area is 112 Å². The summed E-state index contributed by atoms with van der Waals surface area (Å²) in [5.74, 6) is -1.11. The van der Waals surface area contributed by atoms with Gasteiger partial charge in [0.15, 0.2) is 0 Å². The van der Waals surface area contributed by atoms with Crippen molar-refractivity contribution in [1.29, 1.82) is 0 Å².